The number of rotatable bonds is 5. The Hall–Kier alpha value is -0.300. The molecule has 1 nitrogen and oxygen atoms in total. The number of nitrogens with two attached hydrogens (primary N) is 1. The van der Waals surface area contributed by atoms with E-state index in [1.54, 1.807) is 0 Å². The third kappa shape index (κ3) is 3.64. The molecule has 0 aromatic carbocycles. The van der Waals surface area contributed by atoms with Crippen LogP contribution in [0.5, 0.6) is 0 Å². The van der Waals surface area contributed by atoms with Crippen LogP contribution in [0.4, 0.5) is 0 Å². The summed E-state index contributed by atoms with van der Waals surface area (Å²) in [5, 5.41) is 0. The molecule has 3 unspecified atom stereocenters. The molecule has 1 heteroatoms. The fourth-order valence-electron chi connectivity index (χ4n) is 2.96. The third-order valence-electron chi connectivity index (χ3n) is 4.17. The zero-order valence-electron chi connectivity index (χ0n) is 10.4. The van der Waals surface area contributed by atoms with Crippen molar-refractivity contribution in [1.29, 1.82) is 0 Å². The molecule has 1 saturated carbocycles. The molecule has 1 aliphatic rings. The minimum absolute atomic E-state index is 0.778. The Bertz CT molecular complexity index is 186. The molecule has 0 spiro atoms. The van der Waals surface area contributed by atoms with E-state index in [9.17, 15) is 0 Å². The van der Waals surface area contributed by atoms with E-state index in [0.29, 0.717) is 0 Å². The molecule has 0 aliphatic heterocycles. The standard InChI is InChI=1S/C14H27N/c1-4-5-6-13-9-12(11(2)3)7-8-14(13)10-15/h4,11-14H,1,5-10,15H2,2-3H3. The molecule has 0 bridgehead atoms. The van der Waals surface area contributed by atoms with Crippen molar-refractivity contribution in [3.05, 3.63) is 12.7 Å². The molecule has 1 aliphatic carbocycles. The van der Waals surface area contributed by atoms with Crippen LogP contribution in [0.2, 0.25) is 0 Å². The molecule has 0 amide bonds. The highest BCUT2D eigenvalue weighted by Crippen LogP contribution is 2.39. The van der Waals surface area contributed by atoms with Crippen LogP contribution in [-0.2, 0) is 0 Å². The summed E-state index contributed by atoms with van der Waals surface area (Å²) in [6.45, 7) is 9.42. The summed E-state index contributed by atoms with van der Waals surface area (Å²) < 4.78 is 0. The maximum atomic E-state index is 5.86. The largest absolute Gasteiger partial charge is 0.330 e. The molecule has 2 N–H and O–H groups in total. The molecule has 0 radical (unpaired) electrons. The van der Waals surface area contributed by atoms with Gasteiger partial charge in [-0.1, -0.05) is 19.9 Å². The van der Waals surface area contributed by atoms with Crippen LogP contribution in [0.1, 0.15) is 46.0 Å². The number of hydrogen-bond donors (Lipinski definition) is 1. The van der Waals surface area contributed by atoms with Crippen LogP contribution in [0.15, 0.2) is 12.7 Å². The summed E-state index contributed by atoms with van der Waals surface area (Å²) >= 11 is 0. The van der Waals surface area contributed by atoms with Crippen LogP contribution < -0.4 is 5.73 Å². The number of hydrogen-bond acceptors (Lipinski definition) is 1. The lowest BCUT2D eigenvalue weighted by Gasteiger charge is -2.37. The third-order valence-corrected chi connectivity index (χ3v) is 4.17. The van der Waals surface area contributed by atoms with Crippen LogP contribution >= 0.6 is 0 Å². The summed E-state index contributed by atoms with van der Waals surface area (Å²) in [5.74, 6) is 3.41. The normalized spacial score (nSPS) is 31.9. The maximum absolute atomic E-state index is 5.86. The molecule has 1 rings (SSSR count). The van der Waals surface area contributed by atoms with E-state index in [-0.39, 0.29) is 0 Å². The van der Waals surface area contributed by atoms with Gasteiger partial charge in [-0.3, -0.25) is 0 Å². The van der Waals surface area contributed by atoms with Crippen molar-refractivity contribution in [1.82, 2.24) is 0 Å². The first-order valence-corrected chi connectivity index (χ1v) is 6.50. The van der Waals surface area contributed by atoms with E-state index >= 15 is 0 Å². The SMILES string of the molecule is C=CCCC1CC(C(C)C)CCC1CN. The quantitative estimate of drug-likeness (QED) is 0.688. The van der Waals surface area contributed by atoms with Gasteiger partial charge in [-0.05, 0) is 62.3 Å². The van der Waals surface area contributed by atoms with Gasteiger partial charge in [0.05, 0.1) is 0 Å². The van der Waals surface area contributed by atoms with E-state index in [4.69, 9.17) is 5.73 Å². The number of allylic oxidation sites excluding steroid dienone is 1. The fraction of sp³-hybridized carbons (Fsp3) is 0.857. The second kappa shape index (κ2) is 6.32. The topological polar surface area (TPSA) is 26.0 Å². The van der Waals surface area contributed by atoms with Crippen molar-refractivity contribution in [2.75, 3.05) is 6.54 Å². The molecular weight excluding hydrogens is 182 g/mol. The molecule has 88 valence electrons. The summed E-state index contributed by atoms with van der Waals surface area (Å²) in [7, 11) is 0. The Kier molecular flexibility index (Phi) is 5.38. The van der Waals surface area contributed by atoms with Crippen LogP contribution in [-0.4, -0.2) is 6.54 Å². The highest BCUT2D eigenvalue weighted by atomic mass is 14.6. The smallest absolute Gasteiger partial charge is 0.00462 e. The second-order valence-corrected chi connectivity index (χ2v) is 5.44. The van der Waals surface area contributed by atoms with Crippen molar-refractivity contribution < 1.29 is 0 Å². The van der Waals surface area contributed by atoms with E-state index in [1.807, 2.05) is 6.08 Å². The van der Waals surface area contributed by atoms with E-state index in [1.165, 1.54) is 25.7 Å². The first-order valence-electron chi connectivity index (χ1n) is 6.50. The molecular formula is C14H27N. The lowest BCUT2D eigenvalue weighted by Crippen LogP contribution is -2.32. The molecule has 3 atom stereocenters. The van der Waals surface area contributed by atoms with Gasteiger partial charge in [0, 0.05) is 0 Å². The summed E-state index contributed by atoms with van der Waals surface area (Å²) in [6, 6.07) is 0. The zero-order chi connectivity index (χ0) is 11.3. The van der Waals surface area contributed by atoms with Gasteiger partial charge in [0.25, 0.3) is 0 Å². The summed E-state index contributed by atoms with van der Waals surface area (Å²) in [6.07, 6.45) is 8.64. The Morgan fingerprint density at radius 3 is 2.60 bits per heavy atom. The molecule has 0 heterocycles. The molecule has 15 heavy (non-hydrogen) atoms. The van der Waals surface area contributed by atoms with Gasteiger partial charge in [-0.2, -0.15) is 0 Å². The lowest BCUT2D eigenvalue weighted by atomic mass is 9.69. The van der Waals surface area contributed by atoms with Crippen molar-refractivity contribution in [2.45, 2.75) is 46.0 Å². The van der Waals surface area contributed by atoms with E-state index in [0.717, 1.165) is 36.6 Å². The van der Waals surface area contributed by atoms with E-state index in [2.05, 4.69) is 20.4 Å². The average molecular weight is 209 g/mol. The Balaban J connectivity index is 2.48. The van der Waals surface area contributed by atoms with Crippen molar-refractivity contribution in [2.24, 2.45) is 29.4 Å². The van der Waals surface area contributed by atoms with Crippen molar-refractivity contribution >= 4 is 0 Å². The van der Waals surface area contributed by atoms with Gasteiger partial charge < -0.3 is 5.73 Å². The highest BCUT2D eigenvalue weighted by molar-refractivity contribution is 4.83. The van der Waals surface area contributed by atoms with Gasteiger partial charge in [-0.15, -0.1) is 6.58 Å². The molecule has 0 aromatic rings. The predicted molar refractivity (Wildman–Crippen MR) is 67.6 cm³/mol. The van der Waals surface area contributed by atoms with Crippen molar-refractivity contribution in [3.8, 4) is 0 Å². The van der Waals surface area contributed by atoms with E-state index < -0.39 is 0 Å². The summed E-state index contributed by atoms with van der Waals surface area (Å²) in [4.78, 5) is 0. The van der Waals surface area contributed by atoms with Gasteiger partial charge in [0.2, 0.25) is 0 Å². The Morgan fingerprint density at radius 1 is 1.33 bits per heavy atom. The predicted octanol–water partition coefficient (Wildman–Crippen LogP) is 3.60. The fourth-order valence-corrected chi connectivity index (χ4v) is 2.96. The summed E-state index contributed by atoms with van der Waals surface area (Å²) in [5.41, 5.74) is 5.86. The molecule has 0 saturated heterocycles. The van der Waals surface area contributed by atoms with Crippen LogP contribution in [0, 0.1) is 23.7 Å². The monoisotopic (exact) mass is 209 g/mol. The van der Waals surface area contributed by atoms with Gasteiger partial charge in [-0.25, -0.2) is 0 Å². The van der Waals surface area contributed by atoms with Crippen LogP contribution in [0.25, 0.3) is 0 Å². The van der Waals surface area contributed by atoms with Crippen LogP contribution in [0.3, 0.4) is 0 Å². The van der Waals surface area contributed by atoms with Gasteiger partial charge in [0.15, 0.2) is 0 Å². The maximum Gasteiger partial charge on any atom is -0.00462 e. The van der Waals surface area contributed by atoms with Crippen molar-refractivity contribution in [3.63, 3.8) is 0 Å². The highest BCUT2D eigenvalue weighted by Gasteiger charge is 2.30. The Morgan fingerprint density at radius 2 is 2.07 bits per heavy atom. The lowest BCUT2D eigenvalue weighted by molar-refractivity contribution is 0.145. The zero-order valence-corrected chi connectivity index (χ0v) is 10.4. The minimum Gasteiger partial charge on any atom is -0.330 e. The molecule has 1 fully saturated rings. The average Bonchev–Trinajstić information content (AvgIpc) is 2.25. The van der Waals surface area contributed by atoms with Gasteiger partial charge in [0.1, 0.15) is 0 Å². The minimum atomic E-state index is 0.778. The Labute approximate surface area is 95.1 Å². The first kappa shape index (κ1) is 12.8. The molecule has 0 aromatic heterocycles. The van der Waals surface area contributed by atoms with Gasteiger partial charge >= 0.3 is 0 Å². The first-order chi connectivity index (χ1) is 7.19. The second-order valence-electron chi connectivity index (χ2n) is 5.44.